The van der Waals surface area contributed by atoms with Gasteiger partial charge >= 0.3 is 0 Å². The Bertz CT molecular complexity index is 1000. The molecule has 1 N–H and O–H groups in total. The molecule has 0 saturated carbocycles. The summed E-state index contributed by atoms with van der Waals surface area (Å²) in [5, 5.41) is 8.91. The van der Waals surface area contributed by atoms with Gasteiger partial charge in [0.05, 0.1) is 17.8 Å². The van der Waals surface area contributed by atoms with E-state index in [0.29, 0.717) is 31.7 Å². The summed E-state index contributed by atoms with van der Waals surface area (Å²) in [6.07, 6.45) is 2.28. The van der Waals surface area contributed by atoms with Gasteiger partial charge in [-0.3, -0.25) is 14.5 Å². The third-order valence-corrected chi connectivity index (χ3v) is 7.07. The van der Waals surface area contributed by atoms with Crippen LogP contribution in [0.4, 0.5) is 0 Å². The van der Waals surface area contributed by atoms with Crippen LogP contribution in [0.1, 0.15) is 58.3 Å². The largest absolute Gasteiger partial charge is 0.493 e. The normalized spacial score (nSPS) is 17.9. The number of piperidine rings is 1. The summed E-state index contributed by atoms with van der Waals surface area (Å²) in [7, 11) is 2.15. The molecule has 2 aromatic rings. The number of amides is 1. The number of carbonyl (C=O) groups is 2. The van der Waals surface area contributed by atoms with E-state index in [4.69, 9.17) is 9.84 Å². The minimum absolute atomic E-state index is 0.0446. The minimum Gasteiger partial charge on any atom is -0.493 e. The molecule has 1 fully saturated rings. The fourth-order valence-corrected chi connectivity index (χ4v) is 5.17. The Balaban J connectivity index is 1.48. The van der Waals surface area contributed by atoms with Gasteiger partial charge in [0.2, 0.25) is 0 Å². The van der Waals surface area contributed by atoms with Crippen molar-refractivity contribution in [2.75, 3.05) is 39.9 Å². The molecular weight excluding hydrogens is 406 g/mol. The number of carbonyl (C=O) groups excluding carboxylic acids is 2. The number of benzene rings is 1. The summed E-state index contributed by atoms with van der Waals surface area (Å²) in [5.41, 5.74) is 3.44. The number of aryl methyl sites for hydroxylation is 1. The van der Waals surface area contributed by atoms with Crippen LogP contribution in [0, 0.1) is 6.92 Å². The molecule has 0 atom stereocenters. The molecule has 0 radical (unpaired) electrons. The van der Waals surface area contributed by atoms with E-state index in [0.717, 1.165) is 42.9 Å². The highest BCUT2D eigenvalue weighted by atomic mass is 16.5. The average Bonchev–Trinajstić information content (AvgIpc) is 3.23. The first kappa shape index (κ1) is 22.6. The van der Waals surface area contributed by atoms with Crippen LogP contribution in [0.5, 0.6) is 5.75 Å². The quantitative estimate of drug-likeness (QED) is 0.553. The number of Topliss-reactive ketones (excluding diaryl/α,β-unsaturated/α-hetero) is 1. The number of ether oxygens (including phenoxy) is 1. The number of hydrogen-bond donors (Lipinski definition) is 1. The Morgan fingerprint density at radius 2 is 1.84 bits per heavy atom. The van der Waals surface area contributed by atoms with Gasteiger partial charge in [-0.1, -0.05) is 0 Å². The van der Waals surface area contributed by atoms with E-state index in [-0.39, 0.29) is 23.8 Å². The first-order chi connectivity index (χ1) is 15.4. The Morgan fingerprint density at radius 1 is 1.09 bits per heavy atom. The molecule has 1 saturated heterocycles. The highest BCUT2D eigenvalue weighted by Crippen LogP contribution is 2.41. The molecule has 3 heterocycles. The van der Waals surface area contributed by atoms with E-state index in [1.54, 1.807) is 6.92 Å². The van der Waals surface area contributed by atoms with Gasteiger partial charge in [-0.15, -0.1) is 0 Å². The summed E-state index contributed by atoms with van der Waals surface area (Å²) >= 11 is 0. The molecule has 0 unspecified atom stereocenters. The van der Waals surface area contributed by atoms with Gasteiger partial charge in [-0.25, -0.2) is 0 Å². The first-order valence-electron chi connectivity index (χ1n) is 11.4. The number of nitrogens with zero attached hydrogens (tertiary/aromatic N) is 3. The van der Waals surface area contributed by atoms with Crippen molar-refractivity contribution >= 4 is 11.7 Å². The molecular formula is C25H33N3O4. The van der Waals surface area contributed by atoms with Crippen LogP contribution in [0.3, 0.4) is 0 Å². The zero-order valence-corrected chi connectivity index (χ0v) is 19.3. The molecule has 2 aliphatic heterocycles. The number of hydrogen-bond acceptors (Lipinski definition) is 5. The number of likely N-dealkylation sites (N-methyl/N-ethyl adjacent to an activating group) is 1. The van der Waals surface area contributed by atoms with Gasteiger partial charge in [0.25, 0.3) is 5.91 Å². The van der Waals surface area contributed by atoms with Crippen LogP contribution in [-0.4, -0.2) is 71.1 Å². The maximum absolute atomic E-state index is 13.2. The van der Waals surface area contributed by atoms with Gasteiger partial charge in [-0.05, 0) is 62.7 Å². The Hall–Kier alpha value is -2.64. The fourth-order valence-electron chi connectivity index (χ4n) is 5.17. The Kier molecular flexibility index (Phi) is 6.40. The molecule has 4 rings (SSSR count). The lowest BCUT2D eigenvalue weighted by Gasteiger charge is -2.50. The topological polar surface area (TPSA) is 75.0 Å². The summed E-state index contributed by atoms with van der Waals surface area (Å²) < 4.78 is 7.86. The standard InChI is InChI=1S/C25H33N3O4/c1-18-17-20(5-7-22(18)32-16-4-15-29)24(31)27-11-9-25(10-12-27)23-8-6-21(19(2)30)28(23)14-13-26(25)3/h5-8,17,29H,4,9-16H2,1-3H3. The van der Waals surface area contributed by atoms with Crippen LogP contribution in [0.25, 0.3) is 0 Å². The number of aliphatic hydroxyl groups excluding tert-OH is 1. The number of aliphatic hydroxyl groups is 1. The molecule has 172 valence electrons. The molecule has 7 nitrogen and oxygen atoms in total. The molecule has 1 aromatic carbocycles. The first-order valence-corrected chi connectivity index (χ1v) is 11.4. The lowest BCUT2D eigenvalue weighted by atomic mass is 9.81. The van der Waals surface area contributed by atoms with Crippen molar-refractivity contribution in [2.45, 2.75) is 45.2 Å². The summed E-state index contributed by atoms with van der Waals surface area (Å²) in [6, 6.07) is 9.60. The third kappa shape index (κ3) is 3.95. The van der Waals surface area contributed by atoms with E-state index in [2.05, 4.69) is 22.6 Å². The summed E-state index contributed by atoms with van der Waals surface area (Å²) in [4.78, 5) is 29.6. The molecule has 1 amide bonds. The second-order valence-electron chi connectivity index (χ2n) is 8.96. The van der Waals surface area contributed by atoms with E-state index < -0.39 is 0 Å². The van der Waals surface area contributed by atoms with Gasteiger partial charge in [0.1, 0.15) is 5.75 Å². The minimum atomic E-state index is -0.136. The van der Waals surface area contributed by atoms with E-state index in [1.807, 2.05) is 36.1 Å². The highest BCUT2D eigenvalue weighted by Gasteiger charge is 2.45. The molecule has 0 aliphatic carbocycles. The second kappa shape index (κ2) is 9.08. The van der Waals surface area contributed by atoms with Gasteiger partial charge in [-0.2, -0.15) is 0 Å². The molecule has 1 spiro atoms. The number of rotatable bonds is 6. The van der Waals surface area contributed by atoms with Crippen molar-refractivity contribution in [1.29, 1.82) is 0 Å². The summed E-state index contributed by atoms with van der Waals surface area (Å²) in [6.45, 7) is 7.20. The zero-order chi connectivity index (χ0) is 22.9. The van der Waals surface area contributed by atoms with Crippen LogP contribution >= 0.6 is 0 Å². The predicted molar refractivity (Wildman–Crippen MR) is 122 cm³/mol. The van der Waals surface area contributed by atoms with Crippen molar-refractivity contribution < 1.29 is 19.4 Å². The van der Waals surface area contributed by atoms with E-state index >= 15 is 0 Å². The van der Waals surface area contributed by atoms with Crippen LogP contribution < -0.4 is 4.74 Å². The van der Waals surface area contributed by atoms with Crippen LogP contribution in [0.2, 0.25) is 0 Å². The predicted octanol–water partition coefficient (Wildman–Crippen LogP) is 2.84. The number of ketones is 1. The fraction of sp³-hybridized carbons (Fsp3) is 0.520. The smallest absolute Gasteiger partial charge is 0.253 e. The SMILES string of the molecule is CC(=O)c1ccc2n1CCN(C)C21CCN(C(=O)c2ccc(OCCCO)c(C)c2)CC1. The molecule has 0 bridgehead atoms. The van der Waals surface area contributed by atoms with Crippen LogP contribution in [-0.2, 0) is 12.1 Å². The number of fused-ring (bicyclic) bond motifs is 2. The molecule has 7 heteroatoms. The monoisotopic (exact) mass is 439 g/mol. The maximum Gasteiger partial charge on any atom is 0.253 e. The highest BCUT2D eigenvalue weighted by molar-refractivity contribution is 5.95. The maximum atomic E-state index is 13.2. The van der Waals surface area contributed by atoms with Crippen molar-refractivity contribution in [1.82, 2.24) is 14.4 Å². The van der Waals surface area contributed by atoms with Gasteiger partial charge < -0.3 is 19.3 Å². The number of likely N-dealkylation sites (tertiary alicyclic amines) is 1. The molecule has 2 aliphatic rings. The molecule has 1 aromatic heterocycles. The van der Waals surface area contributed by atoms with E-state index in [9.17, 15) is 9.59 Å². The van der Waals surface area contributed by atoms with Crippen molar-refractivity contribution in [2.24, 2.45) is 0 Å². The Morgan fingerprint density at radius 3 is 2.50 bits per heavy atom. The second-order valence-corrected chi connectivity index (χ2v) is 8.96. The van der Waals surface area contributed by atoms with Gasteiger partial charge in [0.15, 0.2) is 5.78 Å². The summed E-state index contributed by atoms with van der Waals surface area (Å²) in [5.74, 6) is 0.893. The number of aromatic nitrogens is 1. The molecule has 32 heavy (non-hydrogen) atoms. The van der Waals surface area contributed by atoms with Crippen molar-refractivity contribution in [3.63, 3.8) is 0 Å². The average molecular weight is 440 g/mol. The lowest BCUT2D eigenvalue weighted by Crippen LogP contribution is -2.56. The third-order valence-electron chi connectivity index (χ3n) is 7.07. The van der Waals surface area contributed by atoms with Crippen LogP contribution in [0.15, 0.2) is 30.3 Å². The Labute approximate surface area is 189 Å². The zero-order valence-electron chi connectivity index (χ0n) is 19.3. The van der Waals surface area contributed by atoms with Crippen molar-refractivity contribution in [3.05, 3.63) is 52.8 Å². The van der Waals surface area contributed by atoms with Gasteiger partial charge in [0, 0.05) is 57.4 Å². The van der Waals surface area contributed by atoms with E-state index in [1.165, 1.54) is 5.69 Å². The van der Waals surface area contributed by atoms with Crippen molar-refractivity contribution in [3.8, 4) is 5.75 Å². The lowest BCUT2D eigenvalue weighted by molar-refractivity contribution is 0.0128.